The highest BCUT2D eigenvalue weighted by Gasteiger charge is 2.37. The Morgan fingerprint density at radius 3 is 1.23 bits per heavy atom. The second kappa shape index (κ2) is 10.7. The van der Waals surface area contributed by atoms with Gasteiger partial charge in [0.1, 0.15) is 11.5 Å². The van der Waals surface area contributed by atoms with Gasteiger partial charge in [-0.25, -0.2) is 0 Å². The van der Waals surface area contributed by atoms with Gasteiger partial charge in [-0.15, -0.1) is 0 Å². The topological polar surface area (TPSA) is 93.1 Å². The first-order chi connectivity index (χ1) is 14.2. The van der Waals surface area contributed by atoms with Crippen LogP contribution in [0.3, 0.4) is 0 Å². The molecule has 0 spiro atoms. The van der Waals surface area contributed by atoms with Crippen molar-refractivity contribution in [3.8, 4) is 11.5 Å². The van der Waals surface area contributed by atoms with Crippen LogP contribution in [0.5, 0.6) is 11.5 Å². The molecule has 0 aliphatic heterocycles. The maximum absolute atomic E-state index is 13.0. The molecule has 6 nitrogen and oxygen atoms in total. The zero-order valence-electron chi connectivity index (χ0n) is 17.9. The third-order valence-electron chi connectivity index (χ3n) is 4.58. The van der Waals surface area contributed by atoms with Crippen LogP contribution < -0.4 is 0 Å². The predicted octanol–water partition coefficient (Wildman–Crippen LogP) is 4.02. The molecule has 2 aromatic carbocycles. The Kier molecular flexibility index (Phi) is 8.27. The number of carbonyl (C=O) groups is 2. The molecule has 0 aliphatic rings. The molecule has 6 heteroatoms. The Hall–Kier alpha value is -3.02. The van der Waals surface area contributed by atoms with Crippen LogP contribution in [0.4, 0.5) is 0 Å². The monoisotopic (exact) mass is 414 g/mol. The standard InChI is InChI=1S/C24H30O6/c1-15(2)29-23(27)21(13-17-5-9-19(25)10-6-17)22(24(28)30-16(3)4)14-18-7-11-20(26)12-8-18/h5-12,15-16,21-22,25-26H,13-14H2,1-4H3. The molecule has 0 aromatic heterocycles. The van der Waals surface area contributed by atoms with Gasteiger partial charge >= 0.3 is 11.9 Å². The van der Waals surface area contributed by atoms with Crippen molar-refractivity contribution >= 4 is 11.9 Å². The van der Waals surface area contributed by atoms with Gasteiger partial charge in [0.2, 0.25) is 0 Å². The normalized spacial score (nSPS) is 13.1. The fourth-order valence-corrected chi connectivity index (χ4v) is 3.19. The highest BCUT2D eigenvalue weighted by Crippen LogP contribution is 2.27. The van der Waals surface area contributed by atoms with E-state index in [1.54, 1.807) is 76.2 Å². The Balaban J connectivity index is 2.39. The zero-order chi connectivity index (χ0) is 22.3. The van der Waals surface area contributed by atoms with E-state index >= 15 is 0 Å². The number of ether oxygens (including phenoxy) is 2. The first-order valence-corrected chi connectivity index (χ1v) is 10.1. The molecule has 2 unspecified atom stereocenters. The second-order valence-electron chi connectivity index (χ2n) is 7.93. The fourth-order valence-electron chi connectivity index (χ4n) is 3.19. The van der Waals surface area contributed by atoms with Crippen LogP contribution in [0.1, 0.15) is 38.8 Å². The summed E-state index contributed by atoms with van der Waals surface area (Å²) in [5.74, 6) is -2.22. The summed E-state index contributed by atoms with van der Waals surface area (Å²) in [6, 6.07) is 13.0. The van der Waals surface area contributed by atoms with E-state index in [9.17, 15) is 19.8 Å². The average Bonchev–Trinajstić information content (AvgIpc) is 2.66. The predicted molar refractivity (Wildman–Crippen MR) is 113 cm³/mol. The number of rotatable bonds is 9. The van der Waals surface area contributed by atoms with Gasteiger partial charge in [-0.1, -0.05) is 24.3 Å². The van der Waals surface area contributed by atoms with Crippen molar-refractivity contribution in [2.24, 2.45) is 11.8 Å². The van der Waals surface area contributed by atoms with Crippen LogP contribution in [-0.4, -0.2) is 34.4 Å². The van der Waals surface area contributed by atoms with E-state index in [1.807, 2.05) is 0 Å². The van der Waals surface area contributed by atoms with Crippen LogP contribution >= 0.6 is 0 Å². The minimum absolute atomic E-state index is 0.125. The van der Waals surface area contributed by atoms with Gasteiger partial charge < -0.3 is 19.7 Å². The fraction of sp³-hybridized carbons (Fsp3) is 0.417. The summed E-state index contributed by atoms with van der Waals surface area (Å²) in [4.78, 5) is 26.0. The van der Waals surface area contributed by atoms with Crippen molar-refractivity contribution in [2.75, 3.05) is 0 Å². The van der Waals surface area contributed by atoms with E-state index in [0.29, 0.717) is 0 Å². The van der Waals surface area contributed by atoms with Crippen LogP contribution in [0.25, 0.3) is 0 Å². The molecule has 30 heavy (non-hydrogen) atoms. The number of phenols is 2. The molecule has 0 saturated heterocycles. The van der Waals surface area contributed by atoms with E-state index in [0.717, 1.165) is 11.1 Å². The Morgan fingerprint density at radius 2 is 0.967 bits per heavy atom. The summed E-state index contributed by atoms with van der Waals surface area (Å²) < 4.78 is 10.9. The molecule has 2 rings (SSSR count). The van der Waals surface area contributed by atoms with E-state index < -0.39 is 23.8 Å². The number of hydrogen-bond donors (Lipinski definition) is 2. The van der Waals surface area contributed by atoms with Gasteiger partial charge in [-0.3, -0.25) is 9.59 Å². The molecule has 0 bridgehead atoms. The van der Waals surface area contributed by atoms with E-state index in [1.165, 1.54) is 0 Å². The van der Waals surface area contributed by atoms with Crippen LogP contribution in [0, 0.1) is 11.8 Å². The molecule has 2 N–H and O–H groups in total. The average molecular weight is 414 g/mol. The quantitative estimate of drug-likeness (QED) is 0.602. The molecule has 0 aliphatic carbocycles. The Labute approximate surface area is 177 Å². The molecule has 2 aromatic rings. The number of aromatic hydroxyl groups is 2. The molecule has 0 amide bonds. The molecular weight excluding hydrogens is 384 g/mol. The number of phenolic OH excluding ortho intramolecular Hbond substituents is 2. The molecule has 0 fully saturated rings. The first-order valence-electron chi connectivity index (χ1n) is 10.1. The molecule has 162 valence electrons. The summed E-state index contributed by atoms with van der Waals surface area (Å²) in [6.07, 6.45) is -0.116. The zero-order valence-corrected chi connectivity index (χ0v) is 17.9. The lowest BCUT2D eigenvalue weighted by molar-refractivity contribution is -0.165. The molecule has 0 saturated carbocycles. The number of carbonyl (C=O) groups excluding carboxylic acids is 2. The smallest absolute Gasteiger partial charge is 0.310 e. The van der Waals surface area contributed by atoms with Gasteiger partial charge in [0.05, 0.1) is 24.0 Å². The van der Waals surface area contributed by atoms with Crippen molar-refractivity contribution in [1.82, 2.24) is 0 Å². The molecular formula is C24H30O6. The third kappa shape index (κ3) is 7.10. The lowest BCUT2D eigenvalue weighted by Gasteiger charge is -2.26. The molecule has 2 atom stereocenters. The lowest BCUT2D eigenvalue weighted by Crippen LogP contribution is -2.37. The molecule has 0 radical (unpaired) electrons. The van der Waals surface area contributed by atoms with Crippen LogP contribution in [0.15, 0.2) is 48.5 Å². The van der Waals surface area contributed by atoms with Crippen molar-refractivity contribution in [2.45, 2.75) is 52.7 Å². The molecule has 0 heterocycles. The highest BCUT2D eigenvalue weighted by atomic mass is 16.6. The van der Waals surface area contributed by atoms with Gasteiger partial charge in [0.25, 0.3) is 0 Å². The van der Waals surface area contributed by atoms with Gasteiger partial charge in [0.15, 0.2) is 0 Å². The summed E-state index contributed by atoms with van der Waals surface area (Å²) in [5.41, 5.74) is 1.60. The van der Waals surface area contributed by atoms with E-state index in [4.69, 9.17) is 9.47 Å². The number of esters is 2. The summed E-state index contributed by atoms with van der Waals surface area (Å²) in [7, 11) is 0. The van der Waals surface area contributed by atoms with Gasteiger partial charge in [-0.2, -0.15) is 0 Å². The minimum atomic E-state index is -0.767. The maximum atomic E-state index is 13.0. The Bertz CT molecular complexity index is 752. The Morgan fingerprint density at radius 1 is 0.667 bits per heavy atom. The summed E-state index contributed by atoms with van der Waals surface area (Å²) in [5, 5.41) is 19.1. The maximum Gasteiger partial charge on any atom is 0.310 e. The third-order valence-corrected chi connectivity index (χ3v) is 4.58. The summed E-state index contributed by atoms with van der Waals surface area (Å²) >= 11 is 0. The van der Waals surface area contributed by atoms with Crippen LogP contribution in [0.2, 0.25) is 0 Å². The number of benzene rings is 2. The summed E-state index contributed by atoms with van der Waals surface area (Å²) in [6.45, 7) is 7.04. The first kappa shape index (κ1) is 23.3. The van der Waals surface area contributed by atoms with Gasteiger partial charge in [0, 0.05) is 0 Å². The van der Waals surface area contributed by atoms with Crippen LogP contribution in [-0.2, 0) is 31.9 Å². The highest BCUT2D eigenvalue weighted by molar-refractivity contribution is 5.83. The lowest BCUT2D eigenvalue weighted by atomic mass is 9.82. The minimum Gasteiger partial charge on any atom is -0.508 e. The van der Waals surface area contributed by atoms with Crippen molar-refractivity contribution in [3.05, 3.63) is 59.7 Å². The van der Waals surface area contributed by atoms with Crippen molar-refractivity contribution in [3.63, 3.8) is 0 Å². The van der Waals surface area contributed by atoms with Gasteiger partial charge in [-0.05, 0) is 75.9 Å². The SMILES string of the molecule is CC(C)OC(=O)C(Cc1ccc(O)cc1)C(Cc1ccc(O)cc1)C(=O)OC(C)C. The van der Waals surface area contributed by atoms with E-state index in [-0.39, 0.29) is 36.5 Å². The van der Waals surface area contributed by atoms with Crippen molar-refractivity contribution in [1.29, 1.82) is 0 Å². The van der Waals surface area contributed by atoms with Crippen molar-refractivity contribution < 1.29 is 29.3 Å². The van der Waals surface area contributed by atoms with E-state index in [2.05, 4.69) is 0 Å². The number of hydrogen-bond acceptors (Lipinski definition) is 6. The largest absolute Gasteiger partial charge is 0.508 e. The second-order valence-corrected chi connectivity index (χ2v) is 7.93.